The molecular weight excluding hydrogens is 636 g/mol. The third-order valence-electron chi connectivity index (χ3n) is 8.16. The molecule has 1 aromatic heterocycles. The number of nitrogens with one attached hydrogen (secondary N) is 1. The first-order chi connectivity index (χ1) is 20.3. The topological polar surface area (TPSA) is 76.7 Å². The fourth-order valence-electron chi connectivity index (χ4n) is 5.99. The number of nitrogens with zero attached hydrogens (tertiary/aromatic N) is 3. The Labute approximate surface area is 262 Å². The van der Waals surface area contributed by atoms with Crippen LogP contribution < -0.4 is 0 Å². The van der Waals surface area contributed by atoms with Gasteiger partial charge in [0.15, 0.2) is 0 Å². The number of likely N-dealkylation sites (tertiary alicyclic amines) is 1. The second kappa shape index (κ2) is 11.8. The smallest absolute Gasteiger partial charge is 0.242 e. The van der Waals surface area contributed by atoms with Crippen molar-refractivity contribution < 1.29 is 14.4 Å². The van der Waals surface area contributed by atoms with E-state index in [2.05, 4.69) is 20.9 Å². The van der Waals surface area contributed by atoms with Crippen LogP contribution in [0.1, 0.15) is 29.2 Å². The van der Waals surface area contributed by atoms with Crippen molar-refractivity contribution in [2.75, 3.05) is 26.2 Å². The number of aromatic nitrogens is 1. The highest BCUT2D eigenvalue weighted by Crippen LogP contribution is 2.55. The summed E-state index contributed by atoms with van der Waals surface area (Å²) < 4.78 is -0.183. The molecule has 0 aliphatic carbocycles. The van der Waals surface area contributed by atoms with Gasteiger partial charge >= 0.3 is 0 Å². The molecule has 6 rings (SSSR count). The number of aryl methyl sites for hydroxylation is 1. The standard InChI is InChI=1S/C32H30BrClN4O3S/c1-21-2-9-25(10-3-21)42-32(31(41)37-14-12-36(20-39)13-15-37)17-29(40)38(19-22-4-6-23(33)7-5-22)30(32)27-18-35-28-16-24(34)8-11-26(27)28/h2-11,16,18,20,30,35H,12-15,17,19H2,1H3. The Morgan fingerprint density at radius 1 is 1.07 bits per heavy atom. The van der Waals surface area contributed by atoms with Gasteiger partial charge in [0.2, 0.25) is 18.2 Å². The van der Waals surface area contributed by atoms with E-state index in [4.69, 9.17) is 11.6 Å². The van der Waals surface area contributed by atoms with Gasteiger partial charge in [-0.15, -0.1) is 11.8 Å². The highest BCUT2D eigenvalue weighted by molar-refractivity contribution is 9.10. The van der Waals surface area contributed by atoms with Crippen molar-refractivity contribution in [2.45, 2.75) is 35.6 Å². The minimum absolute atomic E-state index is 0.0553. The molecule has 2 aliphatic rings. The molecule has 3 heterocycles. The van der Waals surface area contributed by atoms with Crippen molar-refractivity contribution in [1.82, 2.24) is 19.7 Å². The minimum atomic E-state index is -1.14. The van der Waals surface area contributed by atoms with Crippen molar-refractivity contribution >= 4 is 68.4 Å². The number of hydrogen-bond acceptors (Lipinski definition) is 4. The Kier molecular flexibility index (Phi) is 8.09. The SMILES string of the molecule is Cc1ccc(SC2(C(=O)N3CCN(C=O)CC3)CC(=O)N(Cc3ccc(Br)cc3)C2c2c[nH]c3cc(Cl)ccc23)cc1. The van der Waals surface area contributed by atoms with E-state index in [0.717, 1.165) is 43.4 Å². The minimum Gasteiger partial charge on any atom is -0.361 e. The zero-order valence-electron chi connectivity index (χ0n) is 23.1. The maximum atomic E-state index is 14.9. The molecule has 2 aliphatic heterocycles. The number of H-pyrrole nitrogens is 1. The Morgan fingerprint density at radius 2 is 1.79 bits per heavy atom. The predicted octanol–water partition coefficient (Wildman–Crippen LogP) is 6.20. The number of carbonyl (C=O) groups is 3. The van der Waals surface area contributed by atoms with Gasteiger partial charge < -0.3 is 19.7 Å². The summed E-state index contributed by atoms with van der Waals surface area (Å²) in [5, 5.41) is 1.53. The Balaban J connectivity index is 1.51. The number of rotatable bonds is 7. The number of thioether (sulfide) groups is 1. The second-order valence-corrected chi connectivity index (χ2v) is 13.7. The van der Waals surface area contributed by atoms with Crippen molar-refractivity contribution in [2.24, 2.45) is 0 Å². The van der Waals surface area contributed by atoms with Gasteiger partial charge in [-0.25, -0.2) is 0 Å². The van der Waals surface area contributed by atoms with Crippen molar-refractivity contribution in [3.8, 4) is 0 Å². The number of hydrogen-bond donors (Lipinski definition) is 1. The second-order valence-electron chi connectivity index (χ2n) is 10.9. The van der Waals surface area contributed by atoms with E-state index in [1.54, 1.807) is 4.90 Å². The van der Waals surface area contributed by atoms with Crippen LogP contribution >= 0.6 is 39.3 Å². The van der Waals surface area contributed by atoms with Crippen LogP contribution in [0.3, 0.4) is 0 Å². The number of aromatic amines is 1. The highest BCUT2D eigenvalue weighted by atomic mass is 79.9. The molecule has 0 bridgehead atoms. The third-order valence-corrected chi connectivity index (χ3v) is 10.3. The van der Waals surface area contributed by atoms with E-state index in [-0.39, 0.29) is 18.2 Å². The van der Waals surface area contributed by atoms with Crippen LogP contribution in [0.4, 0.5) is 0 Å². The average molecular weight is 666 g/mol. The largest absolute Gasteiger partial charge is 0.361 e. The molecule has 2 atom stereocenters. The molecule has 7 nitrogen and oxygen atoms in total. The molecule has 2 fully saturated rings. The Bertz CT molecular complexity index is 1640. The quantitative estimate of drug-likeness (QED) is 0.239. The predicted molar refractivity (Wildman–Crippen MR) is 169 cm³/mol. The zero-order chi connectivity index (χ0) is 29.4. The number of fused-ring (bicyclic) bond motifs is 1. The molecule has 216 valence electrons. The lowest BCUT2D eigenvalue weighted by molar-refractivity contribution is -0.138. The van der Waals surface area contributed by atoms with Gasteiger partial charge in [-0.3, -0.25) is 14.4 Å². The van der Waals surface area contributed by atoms with E-state index in [0.29, 0.717) is 37.7 Å². The molecule has 3 aromatic carbocycles. The lowest BCUT2D eigenvalue weighted by atomic mass is 9.90. The molecule has 2 saturated heterocycles. The van der Waals surface area contributed by atoms with Gasteiger partial charge in [0.25, 0.3) is 0 Å². The van der Waals surface area contributed by atoms with E-state index in [1.807, 2.05) is 89.7 Å². The molecule has 2 unspecified atom stereocenters. The van der Waals surface area contributed by atoms with Gasteiger partial charge in [0, 0.05) is 69.8 Å². The van der Waals surface area contributed by atoms with Gasteiger partial charge in [-0.2, -0.15) is 0 Å². The maximum Gasteiger partial charge on any atom is 0.242 e. The van der Waals surface area contributed by atoms with Gasteiger partial charge in [0.05, 0.1) is 12.5 Å². The number of carbonyl (C=O) groups excluding carboxylic acids is 3. The summed E-state index contributed by atoms with van der Waals surface area (Å²) in [5.41, 5.74) is 3.82. The fourth-order valence-corrected chi connectivity index (χ4v) is 7.90. The van der Waals surface area contributed by atoms with E-state index in [9.17, 15) is 14.4 Å². The highest BCUT2D eigenvalue weighted by Gasteiger charge is 2.59. The number of benzene rings is 3. The maximum absolute atomic E-state index is 14.9. The zero-order valence-corrected chi connectivity index (χ0v) is 26.2. The Hall–Kier alpha value is -3.27. The van der Waals surface area contributed by atoms with Crippen LogP contribution in [0.15, 0.2) is 82.3 Å². The van der Waals surface area contributed by atoms with E-state index < -0.39 is 10.8 Å². The van der Waals surface area contributed by atoms with Crippen molar-refractivity contribution in [1.29, 1.82) is 0 Å². The monoisotopic (exact) mass is 664 g/mol. The lowest BCUT2D eigenvalue weighted by Crippen LogP contribution is -2.56. The summed E-state index contributed by atoms with van der Waals surface area (Å²) in [7, 11) is 0. The van der Waals surface area contributed by atoms with E-state index >= 15 is 0 Å². The Morgan fingerprint density at radius 3 is 2.48 bits per heavy atom. The average Bonchev–Trinajstić information content (AvgIpc) is 3.52. The summed E-state index contributed by atoms with van der Waals surface area (Å²) in [4.78, 5) is 50.0. The van der Waals surface area contributed by atoms with Gasteiger partial charge in [-0.1, -0.05) is 63.4 Å². The van der Waals surface area contributed by atoms with Gasteiger partial charge in [-0.05, 0) is 48.9 Å². The first-order valence-electron chi connectivity index (χ1n) is 13.8. The summed E-state index contributed by atoms with van der Waals surface area (Å²) in [6, 6.07) is 21.1. The molecule has 3 amide bonds. The molecule has 0 radical (unpaired) electrons. The van der Waals surface area contributed by atoms with Crippen LogP contribution in [0, 0.1) is 6.92 Å². The number of amides is 3. The summed E-state index contributed by atoms with van der Waals surface area (Å²) >= 11 is 11.3. The van der Waals surface area contributed by atoms with Crippen molar-refractivity contribution in [3.05, 3.63) is 99.1 Å². The molecule has 0 spiro atoms. The van der Waals surface area contributed by atoms with E-state index in [1.165, 1.54) is 11.8 Å². The molecule has 10 heteroatoms. The molecule has 4 aromatic rings. The number of halogens is 2. The van der Waals surface area contributed by atoms with Crippen molar-refractivity contribution in [3.63, 3.8) is 0 Å². The van der Waals surface area contributed by atoms with Crippen LogP contribution in [-0.2, 0) is 20.9 Å². The van der Waals surface area contributed by atoms with Crippen LogP contribution in [0.25, 0.3) is 10.9 Å². The number of piperazine rings is 1. The third kappa shape index (κ3) is 5.45. The fraction of sp³-hybridized carbons (Fsp3) is 0.281. The normalized spacial score (nSPS) is 20.9. The summed E-state index contributed by atoms with van der Waals surface area (Å²) in [6.45, 7) is 4.16. The van der Waals surface area contributed by atoms with Gasteiger partial charge in [0.1, 0.15) is 4.75 Å². The van der Waals surface area contributed by atoms with Crippen LogP contribution in [-0.4, -0.2) is 68.8 Å². The molecule has 42 heavy (non-hydrogen) atoms. The molecular formula is C32H30BrClN4O3S. The summed E-state index contributed by atoms with van der Waals surface area (Å²) in [6.07, 6.45) is 2.80. The molecule has 0 saturated carbocycles. The lowest BCUT2D eigenvalue weighted by Gasteiger charge is -2.42. The van der Waals surface area contributed by atoms with Crippen LogP contribution in [0.5, 0.6) is 0 Å². The molecule has 1 N–H and O–H groups in total. The first-order valence-corrected chi connectivity index (χ1v) is 15.8. The first kappa shape index (κ1) is 28.8. The summed E-state index contributed by atoms with van der Waals surface area (Å²) in [5.74, 6) is -0.163. The van der Waals surface area contributed by atoms with Crippen LogP contribution in [0.2, 0.25) is 5.02 Å².